The Labute approximate surface area is 225 Å². The minimum absolute atomic E-state index is 0.176. The average molecular weight is 514 g/mol. The highest BCUT2D eigenvalue weighted by molar-refractivity contribution is 6.01. The number of aromatic nitrogens is 4. The van der Waals surface area contributed by atoms with Crippen LogP contribution in [-0.4, -0.2) is 43.4 Å². The van der Waals surface area contributed by atoms with Crippen LogP contribution in [0.15, 0.2) is 18.5 Å². The molecule has 3 aliphatic rings. The summed E-state index contributed by atoms with van der Waals surface area (Å²) in [5.41, 5.74) is 2.80. The van der Waals surface area contributed by atoms with E-state index in [2.05, 4.69) is 32.7 Å². The number of nitriles is 2. The van der Waals surface area contributed by atoms with Crippen LogP contribution in [0.4, 0.5) is 0 Å². The third-order valence-electron chi connectivity index (χ3n) is 8.74. The van der Waals surface area contributed by atoms with Gasteiger partial charge in [0.1, 0.15) is 17.0 Å². The number of imidazole rings is 1. The molecule has 38 heavy (non-hydrogen) atoms. The van der Waals surface area contributed by atoms with E-state index in [0.29, 0.717) is 24.8 Å². The number of hydrogen-bond acceptors (Lipinski definition) is 5. The maximum absolute atomic E-state index is 12.9. The van der Waals surface area contributed by atoms with Crippen molar-refractivity contribution in [2.75, 3.05) is 13.1 Å². The van der Waals surface area contributed by atoms with E-state index in [9.17, 15) is 4.79 Å². The minimum Gasteiger partial charge on any atom is -0.346 e. The van der Waals surface area contributed by atoms with Crippen LogP contribution in [0.1, 0.15) is 95.3 Å². The van der Waals surface area contributed by atoms with Crippen LogP contribution in [0.2, 0.25) is 0 Å². The zero-order chi connectivity index (χ0) is 26.3. The molecule has 0 atom stereocenters. The number of fused-ring (bicyclic) bond motifs is 3. The number of amides is 1. The van der Waals surface area contributed by atoms with Crippen molar-refractivity contribution in [1.82, 2.24) is 24.4 Å². The van der Waals surface area contributed by atoms with Gasteiger partial charge in [0.05, 0.1) is 30.3 Å². The monoisotopic (exact) mass is 513 g/mol. The second kappa shape index (κ2) is 12.4. The highest BCUT2D eigenvalue weighted by atomic mass is 16.2. The van der Waals surface area contributed by atoms with E-state index in [0.717, 1.165) is 91.8 Å². The minimum atomic E-state index is 0.176. The van der Waals surface area contributed by atoms with E-state index >= 15 is 0 Å². The molecule has 1 N–H and O–H groups in total. The number of likely N-dealkylation sites (tertiary alicyclic amines) is 1. The molecule has 4 heterocycles. The molecule has 0 spiro atoms. The van der Waals surface area contributed by atoms with Gasteiger partial charge in [-0.2, -0.15) is 10.5 Å². The molecule has 8 heteroatoms. The largest absolute Gasteiger partial charge is 0.346 e. The van der Waals surface area contributed by atoms with Gasteiger partial charge in [0.25, 0.3) is 0 Å². The fraction of sp³-hybridized carbons (Fsp3) is 0.633. The normalized spacial score (nSPS) is 22.1. The third-order valence-corrected chi connectivity index (χ3v) is 8.74. The molecule has 1 amide bonds. The molecule has 8 nitrogen and oxygen atoms in total. The molecule has 3 aromatic rings. The molecule has 200 valence electrons. The lowest BCUT2D eigenvalue weighted by Gasteiger charge is -2.30. The molecule has 3 aromatic heterocycles. The van der Waals surface area contributed by atoms with E-state index in [4.69, 9.17) is 15.5 Å². The van der Waals surface area contributed by atoms with Crippen LogP contribution in [-0.2, 0) is 11.2 Å². The number of carbonyl (C=O) groups is 1. The molecule has 6 rings (SSSR count). The van der Waals surface area contributed by atoms with Crippen molar-refractivity contribution in [3.63, 3.8) is 0 Å². The van der Waals surface area contributed by atoms with Gasteiger partial charge in [-0.1, -0.05) is 19.3 Å². The van der Waals surface area contributed by atoms with Crippen LogP contribution >= 0.6 is 0 Å². The summed E-state index contributed by atoms with van der Waals surface area (Å²) in [5.74, 6) is 2.27. The smallest absolute Gasteiger partial charge is 0.230 e. The van der Waals surface area contributed by atoms with Crippen molar-refractivity contribution in [1.29, 1.82) is 10.5 Å². The van der Waals surface area contributed by atoms with Gasteiger partial charge >= 0.3 is 0 Å². The first-order valence-corrected chi connectivity index (χ1v) is 14.5. The molecular weight excluding hydrogens is 474 g/mol. The van der Waals surface area contributed by atoms with Crippen molar-refractivity contribution in [2.24, 2.45) is 11.8 Å². The molecule has 1 aliphatic heterocycles. The summed E-state index contributed by atoms with van der Waals surface area (Å²) in [4.78, 5) is 27.4. The number of H-pyrrole nitrogens is 1. The SMILES string of the molecule is N#CCC1CCC(n2c(CC(=O)N3CCCC3)nc3cnc4[nH]ccc4c32)CC1.N#CCC1CCCCC1. The van der Waals surface area contributed by atoms with Crippen molar-refractivity contribution in [3.8, 4) is 12.1 Å². The Morgan fingerprint density at radius 1 is 0.947 bits per heavy atom. The Hall–Kier alpha value is -3.39. The van der Waals surface area contributed by atoms with Crippen LogP contribution in [0.25, 0.3) is 22.1 Å². The molecule has 0 bridgehead atoms. The molecule has 0 radical (unpaired) electrons. The van der Waals surface area contributed by atoms with Gasteiger partial charge < -0.3 is 14.5 Å². The molecule has 1 saturated heterocycles. The van der Waals surface area contributed by atoms with Crippen molar-refractivity contribution >= 4 is 28.0 Å². The van der Waals surface area contributed by atoms with Gasteiger partial charge in [-0.25, -0.2) is 9.97 Å². The molecule has 0 unspecified atom stereocenters. The van der Waals surface area contributed by atoms with Gasteiger partial charge in [-0.3, -0.25) is 4.79 Å². The van der Waals surface area contributed by atoms with Gasteiger partial charge in [-0.05, 0) is 69.3 Å². The van der Waals surface area contributed by atoms with Crippen LogP contribution in [0.3, 0.4) is 0 Å². The molecular formula is C30H39N7O. The molecule has 3 fully saturated rings. The van der Waals surface area contributed by atoms with Crippen LogP contribution < -0.4 is 0 Å². The van der Waals surface area contributed by atoms with Crippen LogP contribution in [0.5, 0.6) is 0 Å². The van der Waals surface area contributed by atoms with Gasteiger partial charge in [0, 0.05) is 43.6 Å². The van der Waals surface area contributed by atoms with E-state index < -0.39 is 0 Å². The zero-order valence-electron chi connectivity index (χ0n) is 22.4. The number of pyridine rings is 1. The predicted octanol–water partition coefficient (Wildman–Crippen LogP) is 6.20. The Bertz CT molecular complexity index is 1310. The zero-order valence-corrected chi connectivity index (χ0v) is 22.4. The number of nitrogens with zero attached hydrogens (tertiary/aromatic N) is 6. The summed E-state index contributed by atoms with van der Waals surface area (Å²) in [6.45, 7) is 1.73. The lowest BCUT2D eigenvalue weighted by molar-refractivity contribution is -0.129. The van der Waals surface area contributed by atoms with E-state index in [-0.39, 0.29) is 5.91 Å². The Kier molecular flexibility index (Phi) is 8.58. The number of hydrogen-bond donors (Lipinski definition) is 1. The van der Waals surface area contributed by atoms with E-state index in [1.54, 1.807) is 0 Å². The first-order chi connectivity index (χ1) is 18.7. The summed E-state index contributed by atoms with van der Waals surface area (Å²) in [7, 11) is 0. The summed E-state index contributed by atoms with van der Waals surface area (Å²) in [6, 6.07) is 6.93. The Morgan fingerprint density at radius 3 is 2.32 bits per heavy atom. The molecule has 2 aliphatic carbocycles. The van der Waals surface area contributed by atoms with Gasteiger partial charge in [0.15, 0.2) is 0 Å². The highest BCUT2D eigenvalue weighted by Crippen LogP contribution is 2.38. The Balaban J connectivity index is 0.000000278. The summed E-state index contributed by atoms with van der Waals surface area (Å²) >= 11 is 0. The second-order valence-electron chi connectivity index (χ2n) is 11.3. The lowest BCUT2D eigenvalue weighted by Crippen LogP contribution is -2.30. The average Bonchev–Trinajstić information content (AvgIpc) is 3.70. The predicted molar refractivity (Wildman–Crippen MR) is 147 cm³/mol. The summed E-state index contributed by atoms with van der Waals surface area (Å²) in [6.07, 6.45) is 18.6. The number of aromatic amines is 1. The standard InChI is InChI=1S/C22H26N6O.C8H13N/c23-9-7-15-3-5-16(6-4-15)28-19(13-20(29)27-11-1-2-12-27)26-18-14-25-22-17(21(18)28)8-10-24-22;9-7-6-8-4-2-1-3-5-8/h8,10,14-16H,1-7,11-13H2,(H,24,25);8H,1-6H2. The maximum Gasteiger partial charge on any atom is 0.230 e. The van der Waals surface area contributed by atoms with Crippen molar-refractivity contribution < 1.29 is 4.79 Å². The fourth-order valence-electron chi connectivity index (χ4n) is 6.63. The highest BCUT2D eigenvalue weighted by Gasteiger charge is 2.29. The maximum atomic E-state index is 12.9. The van der Waals surface area contributed by atoms with Gasteiger partial charge in [-0.15, -0.1) is 0 Å². The fourth-order valence-corrected chi connectivity index (χ4v) is 6.63. The first-order valence-electron chi connectivity index (χ1n) is 14.5. The molecule has 2 saturated carbocycles. The number of nitrogens with one attached hydrogen (secondary N) is 1. The lowest BCUT2D eigenvalue weighted by atomic mass is 9.84. The topological polar surface area (TPSA) is 114 Å². The van der Waals surface area contributed by atoms with Crippen molar-refractivity contribution in [3.05, 3.63) is 24.3 Å². The van der Waals surface area contributed by atoms with Gasteiger partial charge in [0.2, 0.25) is 5.91 Å². The quantitative estimate of drug-likeness (QED) is 0.436. The first kappa shape index (κ1) is 26.2. The Morgan fingerprint density at radius 2 is 1.63 bits per heavy atom. The number of carbonyl (C=O) groups excluding carboxylic acids is 1. The van der Waals surface area contributed by atoms with E-state index in [1.807, 2.05) is 17.3 Å². The second-order valence-corrected chi connectivity index (χ2v) is 11.3. The number of rotatable bonds is 5. The summed E-state index contributed by atoms with van der Waals surface area (Å²) < 4.78 is 2.32. The van der Waals surface area contributed by atoms with E-state index in [1.165, 1.54) is 32.1 Å². The van der Waals surface area contributed by atoms with Crippen molar-refractivity contribution in [2.45, 2.75) is 95.9 Å². The molecule has 0 aromatic carbocycles. The summed E-state index contributed by atoms with van der Waals surface area (Å²) in [5, 5.41) is 18.5. The third kappa shape index (κ3) is 5.85. The van der Waals surface area contributed by atoms with Crippen LogP contribution in [0, 0.1) is 34.5 Å².